The van der Waals surface area contributed by atoms with Gasteiger partial charge in [-0.25, -0.2) is 18.4 Å². The molecule has 8 atom stereocenters. The molecule has 15 nitrogen and oxygen atoms in total. The van der Waals surface area contributed by atoms with Crippen LogP contribution in [-0.2, 0) is 41.6 Å². The lowest BCUT2D eigenvalue weighted by molar-refractivity contribution is -0.165. The third-order valence-electron chi connectivity index (χ3n) is 10.8. The van der Waals surface area contributed by atoms with Gasteiger partial charge in [-0.15, -0.1) is 0 Å². The van der Waals surface area contributed by atoms with Crippen LogP contribution in [0.4, 0.5) is 19.3 Å². The Morgan fingerprint density at radius 2 is 1.57 bits per heavy atom. The van der Waals surface area contributed by atoms with Crippen LogP contribution >= 0.6 is 0 Å². The van der Waals surface area contributed by atoms with E-state index in [0.29, 0.717) is 31.0 Å². The maximum absolute atomic E-state index is 14.3. The number of nitrogens with one attached hydrogen (secondary N) is 4. The van der Waals surface area contributed by atoms with Gasteiger partial charge in [0.05, 0.1) is 6.04 Å². The average molecular weight is 784 g/mol. The first-order valence-electron chi connectivity index (χ1n) is 19.0. The molecule has 5 rings (SSSR count). The smallest absolute Gasteiger partial charge is 0.329 e. The van der Waals surface area contributed by atoms with Crippen molar-refractivity contribution in [2.45, 2.75) is 115 Å². The van der Waals surface area contributed by atoms with Crippen molar-refractivity contribution >= 4 is 41.3 Å². The van der Waals surface area contributed by atoms with E-state index in [2.05, 4.69) is 21.3 Å². The van der Waals surface area contributed by atoms with Crippen LogP contribution in [0.2, 0.25) is 0 Å². The summed E-state index contributed by atoms with van der Waals surface area (Å²) in [6.07, 6.45) is -1.02. The summed E-state index contributed by atoms with van der Waals surface area (Å²) < 4.78 is 34.4. The molecule has 8 unspecified atom stereocenters. The topological polar surface area (TPSA) is 190 Å². The lowest BCUT2D eigenvalue weighted by Gasteiger charge is -2.39. The van der Waals surface area contributed by atoms with Crippen molar-refractivity contribution in [3.63, 3.8) is 0 Å². The number of aliphatic hydroxyl groups is 1. The number of aryl methyl sites for hydroxylation is 1. The van der Waals surface area contributed by atoms with E-state index in [9.17, 15) is 42.7 Å². The van der Waals surface area contributed by atoms with Gasteiger partial charge in [0, 0.05) is 38.3 Å². The van der Waals surface area contributed by atoms with Crippen LogP contribution in [0.3, 0.4) is 0 Å². The number of rotatable bonds is 7. The van der Waals surface area contributed by atoms with Gasteiger partial charge in [-0.1, -0.05) is 19.1 Å². The van der Waals surface area contributed by atoms with Crippen molar-refractivity contribution in [2.24, 2.45) is 0 Å². The number of urea groups is 1. The molecule has 0 bridgehead atoms. The molecule has 2 aromatic carbocycles. The van der Waals surface area contributed by atoms with E-state index in [1.807, 2.05) is 19.1 Å². The molecule has 0 aliphatic carbocycles. The third kappa shape index (κ3) is 9.79. The summed E-state index contributed by atoms with van der Waals surface area (Å²) in [7, 11) is 1.44. The fourth-order valence-electron chi connectivity index (χ4n) is 7.46. The summed E-state index contributed by atoms with van der Waals surface area (Å²) in [5.74, 6) is -5.11. The number of carbonyl (C=O) groups excluding carboxylic acids is 6. The quantitative estimate of drug-likeness (QED) is 0.261. The van der Waals surface area contributed by atoms with Crippen molar-refractivity contribution in [2.75, 3.05) is 25.5 Å². The number of fused-ring (bicyclic) bond motifs is 2. The highest BCUT2D eigenvalue weighted by atomic mass is 19.1. The Labute approximate surface area is 324 Å². The summed E-state index contributed by atoms with van der Waals surface area (Å²) in [6, 6.07) is 2.00. The van der Waals surface area contributed by atoms with Crippen molar-refractivity contribution in [1.29, 1.82) is 0 Å². The third-order valence-corrected chi connectivity index (χ3v) is 10.8. The van der Waals surface area contributed by atoms with E-state index >= 15 is 0 Å². The Bertz CT molecular complexity index is 1780. The fourth-order valence-corrected chi connectivity index (χ4v) is 7.46. The Hall–Kier alpha value is -5.16. The molecule has 0 aromatic heterocycles. The first-order chi connectivity index (χ1) is 26.6. The first kappa shape index (κ1) is 42.0. The second kappa shape index (κ2) is 18.2. The number of ether oxygens (including phenoxy) is 1. The summed E-state index contributed by atoms with van der Waals surface area (Å²) >= 11 is 0. The average Bonchev–Trinajstić information content (AvgIpc) is 3.86. The lowest BCUT2D eigenvalue weighted by Crippen LogP contribution is -2.63. The molecule has 6 amide bonds. The highest BCUT2D eigenvalue weighted by molar-refractivity contribution is 5.95. The zero-order valence-electron chi connectivity index (χ0n) is 32.2. The van der Waals surface area contributed by atoms with E-state index in [1.165, 1.54) is 42.5 Å². The van der Waals surface area contributed by atoms with Crippen molar-refractivity contribution in [3.8, 4) is 0 Å². The van der Waals surface area contributed by atoms with Gasteiger partial charge in [0.25, 0.3) is 0 Å². The minimum atomic E-state index is -1.65. The second-order valence-corrected chi connectivity index (χ2v) is 14.7. The monoisotopic (exact) mass is 783 g/mol. The van der Waals surface area contributed by atoms with Crippen LogP contribution in [0.15, 0.2) is 42.5 Å². The number of carbonyl (C=O) groups is 6. The van der Waals surface area contributed by atoms with Gasteiger partial charge in [-0.3, -0.25) is 24.1 Å². The van der Waals surface area contributed by atoms with Gasteiger partial charge in [0.2, 0.25) is 23.6 Å². The minimum absolute atomic E-state index is 0.0416. The Balaban J connectivity index is 1.47. The van der Waals surface area contributed by atoms with E-state index in [0.717, 1.165) is 24.1 Å². The molecule has 3 fully saturated rings. The number of halogens is 2. The zero-order chi connectivity index (χ0) is 40.8. The zero-order valence-corrected chi connectivity index (χ0v) is 32.2. The molecule has 3 saturated heterocycles. The van der Waals surface area contributed by atoms with E-state index in [-0.39, 0.29) is 31.5 Å². The van der Waals surface area contributed by atoms with Gasteiger partial charge >= 0.3 is 12.0 Å². The predicted molar refractivity (Wildman–Crippen MR) is 200 cm³/mol. The fraction of sp³-hybridized carbons (Fsp3) is 0.538. The van der Waals surface area contributed by atoms with Crippen molar-refractivity contribution in [3.05, 3.63) is 65.2 Å². The van der Waals surface area contributed by atoms with Gasteiger partial charge in [-0.2, -0.15) is 0 Å². The maximum atomic E-state index is 14.3. The molecule has 5 N–H and O–H groups in total. The highest BCUT2D eigenvalue weighted by Crippen LogP contribution is 2.27. The van der Waals surface area contributed by atoms with Gasteiger partial charge in [0.1, 0.15) is 54.2 Å². The molecule has 2 aromatic rings. The highest BCUT2D eigenvalue weighted by Gasteiger charge is 2.45. The summed E-state index contributed by atoms with van der Waals surface area (Å²) in [5.41, 5.74) is 1.48. The molecule has 304 valence electrons. The van der Waals surface area contributed by atoms with Crippen LogP contribution in [0.1, 0.15) is 64.5 Å². The summed E-state index contributed by atoms with van der Waals surface area (Å²) in [5, 5.41) is 22.6. The molecular weight excluding hydrogens is 732 g/mol. The van der Waals surface area contributed by atoms with Crippen molar-refractivity contribution < 1.29 is 47.4 Å². The molecule has 17 heteroatoms. The number of amides is 6. The van der Waals surface area contributed by atoms with Gasteiger partial charge < -0.3 is 40.9 Å². The normalized spacial score (nSPS) is 27.2. The Morgan fingerprint density at radius 3 is 2.23 bits per heavy atom. The number of aliphatic hydroxyl groups excluding tert-OH is 1. The van der Waals surface area contributed by atoms with Gasteiger partial charge in [-0.05, 0) is 88.3 Å². The molecular formula is C39H51F2N7O8. The molecule has 0 spiro atoms. The van der Waals surface area contributed by atoms with Gasteiger partial charge in [0.15, 0.2) is 0 Å². The number of cyclic esters (lactones) is 1. The summed E-state index contributed by atoms with van der Waals surface area (Å²) in [4.78, 5) is 85.9. The van der Waals surface area contributed by atoms with E-state index in [4.69, 9.17) is 4.74 Å². The van der Waals surface area contributed by atoms with Crippen LogP contribution < -0.4 is 21.3 Å². The lowest BCUT2D eigenvalue weighted by atomic mass is 10.0. The predicted octanol–water partition coefficient (Wildman–Crippen LogP) is 1.82. The molecule has 3 aliphatic heterocycles. The second-order valence-electron chi connectivity index (χ2n) is 14.7. The maximum Gasteiger partial charge on any atom is 0.329 e. The molecule has 0 saturated carbocycles. The van der Waals surface area contributed by atoms with E-state index in [1.54, 1.807) is 12.1 Å². The number of esters is 1. The Kier molecular flexibility index (Phi) is 13.6. The largest absolute Gasteiger partial charge is 0.459 e. The van der Waals surface area contributed by atoms with Crippen LogP contribution in [-0.4, -0.2) is 124 Å². The van der Waals surface area contributed by atoms with Crippen LogP contribution in [0.5, 0.6) is 0 Å². The molecule has 3 heterocycles. The molecule has 0 radical (unpaired) electrons. The number of hydrogen-bond acceptors (Lipinski definition) is 9. The van der Waals surface area contributed by atoms with Crippen LogP contribution in [0, 0.1) is 11.6 Å². The number of benzene rings is 2. The Morgan fingerprint density at radius 1 is 0.929 bits per heavy atom. The molecule has 3 aliphatic rings. The number of anilines is 1. The standard InChI is InChI=1S/C39H51F2N7O8/c1-6-24-11-13-28(14-12-24)43-39(55)44-29(19-25-17-26(40)20-27(41)18-25)34(50)45-32-23(4)56-38(54)31-10-8-16-48(31)35(51)21(2)42-33(49)22(3)46(5)36(52)30-9-7-15-47(30)37(32)53/h11-14,17-18,20-23,29-32,37,53H,6-10,15-16,19H2,1-5H3,(H,42,49)(H,45,50)(H2,43,44,55). The number of likely N-dealkylation sites (N-methyl/N-ethyl adjacent to an activating group) is 1. The molecule has 56 heavy (non-hydrogen) atoms. The van der Waals surface area contributed by atoms with Crippen molar-refractivity contribution in [1.82, 2.24) is 30.7 Å². The SMILES string of the molecule is CCc1ccc(NC(=O)NC(Cc2cc(F)cc(F)c2)C(=O)NC2C(C)OC(=O)C3CCCN3C(=O)C(C)NC(=O)C(C)N(C)C(=O)C3CCCN3C2O)cc1. The minimum Gasteiger partial charge on any atom is -0.459 e. The summed E-state index contributed by atoms with van der Waals surface area (Å²) in [6.45, 7) is 6.84. The van der Waals surface area contributed by atoms with Crippen LogP contribution in [0.25, 0.3) is 0 Å². The number of hydrogen-bond donors (Lipinski definition) is 5. The van der Waals surface area contributed by atoms with E-state index < -0.39 is 95.8 Å². The number of nitrogens with zero attached hydrogens (tertiary/aromatic N) is 3. The first-order valence-corrected chi connectivity index (χ1v) is 19.0.